The molecule has 15 atom stereocenters. The molecule has 610 valence electrons. The Morgan fingerprint density at radius 1 is 0.315 bits per heavy atom. The van der Waals surface area contributed by atoms with E-state index in [0.29, 0.717) is 0 Å². The van der Waals surface area contributed by atoms with Gasteiger partial charge in [-0.25, -0.2) is 4.79 Å². The summed E-state index contributed by atoms with van der Waals surface area (Å²) in [6.45, 7) is 11.2. The lowest BCUT2D eigenvalue weighted by Gasteiger charge is -2.44. The van der Waals surface area contributed by atoms with E-state index >= 15 is 0 Å². The first kappa shape index (κ1) is 91.6. The van der Waals surface area contributed by atoms with E-state index in [0.717, 1.165) is 62.3 Å². The van der Waals surface area contributed by atoms with Crippen LogP contribution in [-0.2, 0) is 157 Å². The van der Waals surface area contributed by atoms with E-state index in [2.05, 4.69) is 16.0 Å². The number of carboxylic acids is 1. The summed E-state index contributed by atoms with van der Waals surface area (Å²) < 4.78 is 136. The van der Waals surface area contributed by atoms with Gasteiger partial charge in [0.2, 0.25) is 23.5 Å². The molecule has 0 radical (unpaired) electrons. The third-order valence-electron chi connectivity index (χ3n) is 14.6. The normalized spacial score (nSPS) is 23.7. The minimum absolute atomic E-state index is 0.0158. The second kappa shape index (κ2) is 49.3. The molecule has 0 unspecified atom stereocenters. The average molecular weight is 1550 g/mol. The molecule has 0 spiro atoms. The predicted molar refractivity (Wildman–Crippen MR) is 355 cm³/mol. The summed E-state index contributed by atoms with van der Waals surface area (Å²) in [6.07, 6.45) is -15.5. The van der Waals surface area contributed by atoms with Gasteiger partial charge in [0.05, 0.1) is 105 Å². The number of hydrogen-bond donors (Lipinski definition) is 4. The Kier molecular flexibility index (Phi) is 41.9. The van der Waals surface area contributed by atoms with Crippen molar-refractivity contribution < 1.29 is 181 Å². The van der Waals surface area contributed by atoms with Crippen LogP contribution in [0.2, 0.25) is 0 Å². The van der Waals surface area contributed by atoms with Gasteiger partial charge in [0.1, 0.15) is 76.1 Å². The highest BCUT2D eigenvalue weighted by atomic mass is 16.7. The van der Waals surface area contributed by atoms with Crippen LogP contribution < -0.4 is 30.2 Å². The van der Waals surface area contributed by atoms with E-state index < -0.39 is 189 Å². The molecular formula is C67H99N3O38. The highest BCUT2D eigenvalue weighted by molar-refractivity contribution is 5.89. The summed E-state index contributed by atoms with van der Waals surface area (Å²) in [4.78, 5) is 158. The molecule has 1 aromatic carbocycles. The van der Waals surface area contributed by atoms with Gasteiger partial charge in [-0.3, -0.25) is 57.5 Å². The SMILES string of the molecule is CC(=O)N[C@H]1[C@H](OCCOCCOCCOc2cc(C(=O)O)cc(OCCOCCOCCO[C@@H]3O[C@H](COC(C)=O)[C@H](OC(C)=O)[C@H](OC(C)=O)[C@H]3NC(C)=O)c2OCCOCCOCCO[C@@H]2O[C@H](COC(C)=O)[C@H](OC(C)=O)[C@H](OC(C)=O)[C@H]2NC(C)=O)O[C@H](COC(C)=O)[C@H](OC(C)=O)[C@@H]1OC(C)=O. The topological polar surface area (TPSA) is 500 Å². The molecule has 4 rings (SSSR count). The minimum atomic E-state index is -1.35. The molecule has 0 aliphatic carbocycles. The van der Waals surface area contributed by atoms with Crippen molar-refractivity contribution in [2.75, 3.05) is 139 Å². The zero-order valence-electron chi connectivity index (χ0n) is 62.2. The number of carbonyl (C=O) groups excluding carboxylic acids is 12. The van der Waals surface area contributed by atoms with Gasteiger partial charge in [-0.2, -0.15) is 0 Å². The third-order valence-corrected chi connectivity index (χ3v) is 14.6. The number of aromatic carboxylic acids is 1. The highest BCUT2D eigenvalue weighted by Gasteiger charge is 2.54. The number of amides is 3. The third kappa shape index (κ3) is 34.6. The van der Waals surface area contributed by atoms with Crippen molar-refractivity contribution in [3.63, 3.8) is 0 Å². The molecule has 108 heavy (non-hydrogen) atoms. The molecule has 41 nitrogen and oxygen atoms in total. The molecule has 41 heteroatoms. The van der Waals surface area contributed by atoms with Crippen molar-refractivity contribution in [1.29, 1.82) is 0 Å². The summed E-state index contributed by atoms with van der Waals surface area (Å²) in [5.41, 5.74) is -0.253. The van der Waals surface area contributed by atoms with Gasteiger partial charge in [0, 0.05) is 83.1 Å². The van der Waals surface area contributed by atoms with Crippen LogP contribution in [0.15, 0.2) is 12.1 Å². The molecule has 0 aromatic heterocycles. The van der Waals surface area contributed by atoms with Crippen LogP contribution >= 0.6 is 0 Å². The molecule has 3 aliphatic heterocycles. The van der Waals surface area contributed by atoms with Gasteiger partial charge in [-0.05, 0) is 12.1 Å². The fourth-order valence-corrected chi connectivity index (χ4v) is 10.6. The zero-order valence-corrected chi connectivity index (χ0v) is 62.2. The van der Waals surface area contributed by atoms with Crippen LogP contribution in [0.3, 0.4) is 0 Å². The molecule has 0 bridgehead atoms. The average Bonchev–Trinajstić information content (AvgIpc) is 0.811. The van der Waals surface area contributed by atoms with Crippen molar-refractivity contribution >= 4 is 77.4 Å². The summed E-state index contributed by atoms with van der Waals surface area (Å²) in [7, 11) is 0. The quantitative estimate of drug-likeness (QED) is 0.0332. The number of benzene rings is 1. The van der Waals surface area contributed by atoms with Crippen molar-refractivity contribution in [2.24, 2.45) is 0 Å². The maximum atomic E-state index is 12.5. The van der Waals surface area contributed by atoms with E-state index in [-0.39, 0.29) is 142 Å². The second-order valence-electron chi connectivity index (χ2n) is 23.6. The first-order valence-corrected chi connectivity index (χ1v) is 34.2. The standard InChI is InChI=1S/C67H99N3O38/c1-36(71)68-54-61(103-45(10)80)58(100-42(7)77)51(33-97-39(4)74)106-65(54)94-28-22-88-16-13-85-19-25-91-49-31-48(64(83)84)32-50(92-26-20-86-14-17-89-23-29-95-66-55(69-37(2)72)62(104-46(11)81)59(101-43(8)78)52(107-66)34-98-40(5)75)57(49)93-27-21-87-15-18-90-24-30-96-67-56(70-38(3)73)63(105-47(12)82)60(102-44(9)79)53(108-67)35-99-41(6)76/h31-32,51-56,58-63,65-67H,13-30,33-35H2,1-12H3,(H,68,71)(H,69,72)(H,70,73)(H,83,84)/t51-,52-,53-,54-,55-,56-,58+,59+,60+,61-,62-,63-,65-,66-,67-/m1/s1. The number of esters is 9. The van der Waals surface area contributed by atoms with Gasteiger partial charge in [-0.1, -0.05) is 0 Å². The van der Waals surface area contributed by atoms with Crippen molar-refractivity contribution in [3.05, 3.63) is 17.7 Å². The van der Waals surface area contributed by atoms with Crippen LogP contribution in [0.25, 0.3) is 0 Å². The van der Waals surface area contributed by atoms with E-state index in [1.807, 2.05) is 0 Å². The minimum Gasteiger partial charge on any atom is -0.487 e. The first-order valence-electron chi connectivity index (χ1n) is 34.2. The molecule has 3 saturated heterocycles. The molecule has 4 N–H and O–H groups in total. The van der Waals surface area contributed by atoms with E-state index in [4.69, 9.17) is 114 Å². The molecule has 1 aromatic rings. The Morgan fingerprint density at radius 2 is 0.546 bits per heavy atom. The summed E-state index contributed by atoms with van der Waals surface area (Å²) in [5, 5.41) is 18.0. The predicted octanol–water partition coefficient (Wildman–Crippen LogP) is -1.36. The summed E-state index contributed by atoms with van der Waals surface area (Å²) >= 11 is 0. The Balaban J connectivity index is 1.37. The lowest BCUT2D eigenvalue weighted by molar-refractivity contribution is -0.279. The van der Waals surface area contributed by atoms with Gasteiger partial charge in [0.15, 0.2) is 67.0 Å². The van der Waals surface area contributed by atoms with Crippen molar-refractivity contribution in [2.45, 2.75) is 175 Å². The molecule has 0 saturated carbocycles. The molecule has 3 heterocycles. The molecule has 3 amide bonds. The molecular weight excluding hydrogens is 1450 g/mol. The van der Waals surface area contributed by atoms with Crippen LogP contribution in [0, 0.1) is 0 Å². The molecule has 3 fully saturated rings. The Hall–Kier alpha value is -8.75. The Morgan fingerprint density at radius 3 is 0.778 bits per heavy atom. The van der Waals surface area contributed by atoms with Crippen molar-refractivity contribution in [3.8, 4) is 17.2 Å². The van der Waals surface area contributed by atoms with E-state index in [1.54, 1.807) is 0 Å². The van der Waals surface area contributed by atoms with Crippen LogP contribution in [0.1, 0.15) is 93.4 Å². The van der Waals surface area contributed by atoms with Gasteiger partial charge in [0.25, 0.3) is 0 Å². The first-order chi connectivity index (χ1) is 51.3. The monoisotopic (exact) mass is 1550 g/mol. The van der Waals surface area contributed by atoms with E-state index in [9.17, 15) is 67.4 Å². The maximum absolute atomic E-state index is 12.5. The summed E-state index contributed by atoms with van der Waals surface area (Å²) in [5.74, 6) is -9.93. The Labute approximate surface area is 621 Å². The highest BCUT2D eigenvalue weighted by Crippen LogP contribution is 2.40. The van der Waals surface area contributed by atoms with Gasteiger partial charge < -0.3 is 135 Å². The fourth-order valence-electron chi connectivity index (χ4n) is 10.6. The smallest absolute Gasteiger partial charge is 0.335 e. The lowest BCUT2D eigenvalue weighted by atomic mass is 9.96. The largest absolute Gasteiger partial charge is 0.487 e. The number of nitrogens with one attached hydrogen (secondary N) is 3. The van der Waals surface area contributed by atoms with Gasteiger partial charge in [-0.15, -0.1) is 0 Å². The number of ether oxygens (including phenoxy) is 24. The Bertz CT molecular complexity index is 2950. The number of carboxylic acid groups (broad SMARTS) is 1. The number of hydrogen-bond acceptors (Lipinski definition) is 37. The van der Waals surface area contributed by atoms with Crippen molar-refractivity contribution in [1.82, 2.24) is 16.0 Å². The number of rotatable bonds is 49. The zero-order chi connectivity index (χ0) is 79.8. The van der Waals surface area contributed by atoms with E-state index in [1.165, 1.54) is 32.9 Å². The van der Waals surface area contributed by atoms with Crippen LogP contribution in [0.4, 0.5) is 0 Å². The van der Waals surface area contributed by atoms with Crippen LogP contribution in [-0.4, -0.2) is 313 Å². The maximum Gasteiger partial charge on any atom is 0.335 e. The lowest BCUT2D eigenvalue weighted by Crippen LogP contribution is -2.66. The summed E-state index contributed by atoms with van der Waals surface area (Å²) in [6, 6.07) is -1.17. The van der Waals surface area contributed by atoms with Gasteiger partial charge >= 0.3 is 59.7 Å². The fraction of sp³-hybridized carbons (Fsp3) is 0.716. The second-order valence-corrected chi connectivity index (χ2v) is 23.6. The van der Waals surface area contributed by atoms with Crippen LogP contribution in [0.5, 0.6) is 17.2 Å². The molecule has 3 aliphatic rings. The number of carbonyl (C=O) groups is 13.